The topological polar surface area (TPSA) is 200 Å². The second-order valence-corrected chi connectivity index (χ2v) is 16.5. The van der Waals surface area contributed by atoms with Crippen LogP contribution in [-0.2, 0) is 31.5 Å². The van der Waals surface area contributed by atoms with Gasteiger partial charge in [-0.05, 0) is 66.3 Å². The van der Waals surface area contributed by atoms with E-state index in [2.05, 4.69) is 37.3 Å². The lowest BCUT2D eigenvalue weighted by atomic mass is 9.85. The number of hydrogen-bond acceptors (Lipinski definition) is 10. The Kier molecular flexibility index (Phi) is 9.29. The number of ether oxygens (including phenoxy) is 1. The summed E-state index contributed by atoms with van der Waals surface area (Å²) < 4.78 is 34.4. The molecule has 2 aliphatic carbocycles. The minimum absolute atomic E-state index is 0.0118. The molecule has 0 bridgehead atoms. The first-order chi connectivity index (χ1) is 24.1. The zero-order chi connectivity index (χ0) is 36.9. The predicted molar refractivity (Wildman–Crippen MR) is 184 cm³/mol. The van der Waals surface area contributed by atoms with Gasteiger partial charge in [0.15, 0.2) is 0 Å². The molecule has 1 aliphatic heterocycles. The van der Waals surface area contributed by atoms with Gasteiger partial charge in [-0.25, -0.2) is 8.42 Å². The summed E-state index contributed by atoms with van der Waals surface area (Å²) in [4.78, 5) is 58.3. The normalized spacial score (nSPS) is 23.6. The lowest BCUT2D eigenvalue weighted by Gasteiger charge is -2.35. The van der Waals surface area contributed by atoms with Crippen molar-refractivity contribution in [1.82, 2.24) is 45.0 Å². The summed E-state index contributed by atoms with van der Waals surface area (Å²) in [7, 11) is -0.617. The van der Waals surface area contributed by atoms with Gasteiger partial charge in [-0.15, -0.1) is 16.8 Å². The van der Waals surface area contributed by atoms with Gasteiger partial charge in [0.25, 0.3) is 11.8 Å². The number of methoxy groups -OCH3 is 1. The van der Waals surface area contributed by atoms with Gasteiger partial charge in [0.05, 0.1) is 18.4 Å². The fourth-order valence-electron chi connectivity index (χ4n) is 6.44. The van der Waals surface area contributed by atoms with Gasteiger partial charge in [0, 0.05) is 37.7 Å². The number of nitrogens with one attached hydrogen (secondary N) is 3. The quantitative estimate of drug-likeness (QED) is 0.230. The van der Waals surface area contributed by atoms with Crippen molar-refractivity contribution in [3.8, 4) is 17.1 Å². The van der Waals surface area contributed by atoms with Crippen molar-refractivity contribution in [2.24, 2.45) is 18.4 Å². The average molecular weight is 722 g/mol. The summed E-state index contributed by atoms with van der Waals surface area (Å²) in [5, 5.41) is 18.0. The Morgan fingerprint density at radius 2 is 1.82 bits per heavy atom. The van der Waals surface area contributed by atoms with Gasteiger partial charge in [0.2, 0.25) is 27.7 Å². The van der Waals surface area contributed by atoms with E-state index in [1.807, 2.05) is 20.8 Å². The standard InChI is InChI=1S/C34H43N9O7S/c1-7-21-18-34(21,32(47)39-51(48,49)24-14-15-24)36-30(45)26-17-22(43-38-28(37-40-43)20-10-12-23(50-6)13-11-20)19-42(26)31(46)27(33(2,3)4)35-29(44)25-9-8-16-41(25)5/h7-13,16,21-22,24,26-27H,1,14-15,17-19H2,2-6H3,(H,35,44)(H,36,45)(H,39,47)/t21-,22-,26+,27-,34-/m1/s1. The molecule has 4 amide bonds. The molecular weight excluding hydrogens is 678 g/mol. The van der Waals surface area contributed by atoms with E-state index in [1.54, 1.807) is 61.3 Å². The SMILES string of the molecule is C=C[C@@H]1C[C@]1(NC(=O)[C@@H]1C[C@@H](n2nnc(-c3ccc(OC)cc3)n2)CN1C(=O)[C@@H](NC(=O)c1cccn1C)C(C)(C)C)C(=O)NS(=O)(=O)C1CC1. The molecule has 0 radical (unpaired) electrons. The number of carbonyl (C=O) groups is 4. The molecule has 2 saturated carbocycles. The number of hydrogen-bond donors (Lipinski definition) is 3. The summed E-state index contributed by atoms with van der Waals surface area (Å²) in [6, 6.07) is 7.64. The maximum atomic E-state index is 14.5. The summed E-state index contributed by atoms with van der Waals surface area (Å²) in [6.07, 6.45) is 4.33. The lowest BCUT2D eigenvalue weighted by molar-refractivity contribution is -0.142. The van der Waals surface area contributed by atoms with Crippen molar-refractivity contribution in [1.29, 1.82) is 0 Å². The summed E-state index contributed by atoms with van der Waals surface area (Å²) in [6.45, 7) is 9.18. The summed E-state index contributed by atoms with van der Waals surface area (Å²) in [5.74, 6) is -2.03. The number of aromatic nitrogens is 5. The van der Waals surface area contributed by atoms with Crippen LogP contribution in [0.15, 0.2) is 55.3 Å². The average Bonchev–Trinajstić information content (AvgIpc) is 3.88. The van der Waals surface area contributed by atoms with Crippen LogP contribution in [0.1, 0.15) is 63.0 Å². The minimum Gasteiger partial charge on any atom is -0.497 e. The molecule has 17 heteroatoms. The molecule has 3 aromatic rings. The molecule has 0 unspecified atom stereocenters. The number of rotatable bonds is 12. The van der Waals surface area contributed by atoms with Crippen molar-refractivity contribution in [2.45, 2.75) is 75.4 Å². The number of tetrazole rings is 1. The molecule has 272 valence electrons. The van der Waals surface area contributed by atoms with Crippen LogP contribution >= 0.6 is 0 Å². The minimum atomic E-state index is -3.90. The third-order valence-corrected chi connectivity index (χ3v) is 11.6. The Bertz CT molecular complexity index is 1960. The first-order valence-electron chi connectivity index (χ1n) is 16.7. The number of amides is 4. The van der Waals surface area contributed by atoms with Gasteiger partial charge in [-0.3, -0.25) is 23.9 Å². The summed E-state index contributed by atoms with van der Waals surface area (Å²) in [5.41, 5.74) is -1.31. The molecule has 1 aromatic carbocycles. The highest BCUT2D eigenvalue weighted by atomic mass is 32.2. The zero-order valence-corrected chi connectivity index (χ0v) is 30.0. The van der Waals surface area contributed by atoms with E-state index < -0.39 is 73.9 Å². The molecule has 3 heterocycles. The number of benzene rings is 1. The van der Waals surface area contributed by atoms with Crippen molar-refractivity contribution < 1.29 is 32.3 Å². The molecule has 3 fully saturated rings. The van der Waals surface area contributed by atoms with Crippen LogP contribution < -0.4 is 20.1 Å². The Balaban J connectivity index is 1.29. The van der Waals surface area contributed by atoms with Crippen LogP contribution in [0.4, 0.5) is 0 Å². The third kappa shape index (κ3) is 7.11. The monoisotopic (exact) mass is 721 g/mol. The van der Waals surface area contributed by atoms with Gasteiger partial charge >= 0.3 is 0 Å². The van der Waals surface area contributed by atoms with Gasteiger partial charge in [0.1, 0.15) is 29.1 Å². The number of aryl methyl sites for hydroxylation is 1. The van der Waals surface area contributed by atoms with Gasteiger partial charge in [-0.1, -0.05) is 26.8 Å². The van der Waals surface area contributed by atoms with E-state index in [0.717, 1.165) is 0 Å². The largest absolute Gasteiger partial charge is 0.497 e. The highest BCUT2D eigenvalue weighted by molar-refractivity contribution is 7.91. The van der Waals surface area contributed by atoms with Crippen molar-refractivity contribution in [3.63, 3.8) is 0 Å². The highest BCUT2D eigenvalue weighted by Crippen LogP contribution is 2.45. The molecule has 5 atom stereocenters. The smallest absolute Gasteiger partial charge is 0.268 e. The summed E-state index contributed by atoms with van der Waals surface area (Å²) >= 11 is 0. The maximum absolute atomic E-state index is 14.5. The van der Waals surface area contributed by atoms with E-state index in [1.165, 1.54) is 15.8 Å². The molecule has 1 saturated heterocycles. The number of likely N-dealkylation sites (tertiary alicyclic amines) is 1. The van der Waals surface area contributed by atoms with Crippen molar-refractivity contribution >= 4 is 33.7 Å². The van der Waals surface area contributed by atoms with E-state index >= 15 is 0 Å². The molecule has 16 nitrogen and oxygen atoms in total. The van der Waals surface area contributed by atoms with Crippen LogP contribution in [0, 0.1) is 11.3 Å². The predicted octanol–water partition coefficient (Wildman–Crippen LogP) is 1.34. The number of carbonyl (C=O) groups excluding carboxylic acids is 4. The molecular formula is C34H43N9O7S. The highest BCUT2D eigenvalue weighted by Gasteiger charge is 2.62. The Hall–Kier alpha value is -5.06. The molecule has 51 heavy (non-hydrogen) atoms. The fourth-order valence-corrected chi connectivity index (χ4v) is 7.81. The number of sulfonamides is 1. The van der Waals surface area contributed by atoms with E-state index in [9.17, 15) is 27.6 Å². The van der Waals surface area contributed by atoms with Crippen LogP contribution in [0.25, 0.3) is 11.4 Å². The molecule has 3 aliphatic rings. The van der Waals surface area contributed by atoms with Crippen LogP contribution in [0.5, 0.6) is 5.75 Å². The van der Waals surface area contributed by atoms with Crippen LogP contribution in [-0.4, -0.2) is 98.2 Å². The van der Waals surface area contributed by atoms with E-state index in [0.29, 0.717) is 35.7 Å². The van der Waals surface area contributed by atoms with Crippen molar-refractivity contribution in [3.05, 3.63) is 60.9 Å². The molecule has 0 spiro atoms. The molecule has 3 N–H and O–H groups in total. The van der Waals surface area contributed by atoms with E-state index in [-0.39, 0.29) is 19.4 Å². The Labute approximate surface area is 296 Å². The fraction of sp³-hybridized carbons (Fsp3) is 0.500. The Morgan fingerprint density at radius 3 is 2.39 bits per heavy atom. The first kappa shape index (κ1) is 35.8. The first-order valence-corrected chi connectivity index (χ1v) is 18.3. The zero-order valence-electron chi connectivity index (χ0n) is 29.2. The van der Waals surface area contributed by atoms with Crippen LogP contribution in [0.3, 0.4) is 0 Å². The molecule has 2 aromatic heterocycles. The Morgan fingerprint density at radius 1 is 1.12 bits per heavy atom. The second-order valence-electron chi connectivity index (χ2n) is 14.5. The maximum Gasteiger partial charge on any atom is 0.268 e. The van der Waals surface area contributed by atoms with Crippen LogP contribution in [0.2, 0.25) is 0 Å². The number of nitrogens with zero attached hydrogens (tertiary/aromatic N) is 6. The van der Waals surface area contributed by atoms with E-state index in [4.69, 9.17) is 4.74 Å². The van der Waals surface area contributed by atoms with Crippen molar-refractivity contribution in [2.75, 3.05) is 13.7 Å². The second kappa shape index (κ2) is 13.2. The lowest BCUT2D eigenvalue weighted by Crippen LogP contribution is -2.60. The van der Waals surface area contributed by atoms with Gasteiger partial charge < -0.3 is 24.8 Å². The third-order valence-electron chi connectivity index (χ3n) is 9.78. The molecule has 6 rings (SSSR count). The van der Waals surface area contributed by atoms with Gasteiger partial charge in [-0.2, -0.15) is 4.80 Å².